The molecule has 3 aromatic rings. The molecule has 4 rings (SSSR count). The first-order chi connectivity index (χ1) is 17.1. The number of thiazole rings is 1. The van der Waals surface area contributed by atoms with Gasteiger partial charge in [0, 0.05) is 29.6 Å². The second kappa shape index (κ2) is 10.4. The molecule has 0 atom stereocenters. The Hall–Kier alpha value is -3.93. The van der Waals surface area contributed by atoms with Gasteiger partial charge in [0.1, 0.15) is 11.4 Å². The molecule has 1 aromatic carbocycles. The number of methoxy groups -OCH3 is 2. The van der Waals surface area contributed by atoms with Gasteiger partial charge in [-0.3, -0.25) is 5.32 Å². The van der Waals surface area contributed by atoms with Gasteiger partial charge in [-0.25, -0.2) is 14.6 Å². The Morgan fingerprint density at radius 1 is 1.06 bits per heavy atom. The predicted octanol–water partition coefficient (Wildman–Crippen LogP) is 4.11. The SMILES string of the molecule is COc1cc(N2CCc3nc(NC(=O)Nc4cccc(C(=O)OC(C)(C)C)c4)sc3C2)nc(OC)n1. The highest BCUT2D eigenvalue weighted by Gasteiger charge is 2.24. The van der Waals surface area contributed by atoms with Gasteiger partial charge in [0.2, 0.25) is 5.88 Å². The molecule has 1 aliphatic rings. The van der Waals surface area contributed by atoms with Crippen LogP contribution in [0.4, 0.5) is 21.4 Å². The molecule has 2 N–H and O–H groups in total. The van der Waals surface area contributed by atoms with Crippen LogP contribution in [-0.2, 0) is 17.7 Å². The van der Waals surface area contributed by atoms with Crippen LogP contribution in [0.15, 0.2) is 30.3 Å². The highest BCUT2D eigenvalue weighted by molar-refractivity contribution is 7.15. The number of rotatable bonds is 6. The van der Waals surface area contributed by atoms with Crippen molar-refractivity contribution in [3.8, 4) is 11.9 Å². The lowest BCUT2D eigenvalue weighted by Gasteiger charge is -2.27. The number of urea groups is 1. The Morgan fingerprint density at radius 2 is 1.86 bits per heavy atom. The Balaban J connectivity index is 1.40. The second-order valence-electron chi connectivity index (χ2n) is 8.98. The number of nitrogens with one attached hydrogen (secondary N) is 2. The van der Waals surface area contributed by atoms with Crippen LogP contribution in [0.25, 0.3) is 0 Å². The molecule has 0 bridgehead atoms. The summed E-state index contributed by atoms with van der Waals surface area (Å²) in [4.78, 5) is 41.2. The largest absolute Gasteiger partial charge is 0.481 e. The maximum absolute atomic E-state index is 12.6. The van der Waals surface area contributed by atoms with Crippen molar-refractivity contribution in [1.82, 2.24) is 15.0 Å². The van der Waals surface area contributed by atoms with E-state index in [4.69, 9.17) is 14.2 Å². The van der Waals surface area contributed by atoms with Crippen molar-refractivity contribution < 1.29 is 23.8 Å². The molecule has 2 aromatic heterocycles. The van der Waals surface area contributed by atoms with Crippen LogP contribution in [0.5, 0.6) is 11.9 Å². The van der Waals surface area contributed by atoms with Crippen molar-refractivity contribution in [3.63, 3.8) is 0 Å². The van der Waals surface area contributed by atoms with Gasteiger partial charge in [0.25, 0.3) is 0 Å². The summed E-state index contributed by atoms with van der Waals surface area (Å²) in [7, 11) is 3.05. The van der Waals surface area contributed by atoms with Gasteiger partial charge in [0.05, 0.1) is 32.0 Å². The molecule has 3 heterocycles. The van der Waals surface area contributed by atoms with E-state index in [9.17, 15) is 9.59 Å². The molecule has 0 unspecified atom stereocenters. The van der Waals surface area contributed by atoms with E-state index in [1.165, 1.54) is 18.4 Å². The van der Waals surface area contributed by atoms with Gasteiger partial charge in [-0.1, -0.05) is 17.4 Å². The van der Waals surface area contributed by atoms with Crippen molar-refractivity contribution in [2.24, 2.45) is 0 Å². The van der Waals surface area contributed by atoms with Gasteiger partial charge < -0.3 is 24.4 Å². The summed E-state index contributed by atoms with van der Waals surface area (Å²) < 4.78 is 15.8. The summed E-state index contributed by atoms with van der Waals surface area (Å²) in [5, 5.41) is 6.01. The van der Waals surface area contributed by atoms with Gasteiger partial charge in [-0.05, 0) is 39.0 Å². The summed E-state index contributed by atoms with van der Waals surface area (Å²) in [6, 6.07) is 8.12. The number of amides is 2. The van der Waals surface area contributed by atoms with E-state index in [0.717, 1.165) is 10.6 Å². The average Bonchev–Trinajstić information content (AvgIpc) is 3.23. The molecule has 1 aliphatic heterocycles. The number of carbonyl (C=O) groups is 2. The monoisotopic (exact) mass is 512 g/mol. The van der Waals surface area contributed by atoms with Crippen molar-refractivity contribution in [1.29, 1.82) is 0 Å². The quantitative estimate of drug-likeness (QED) is 0.469. The summed E-state index contributed by atoms with van der Waals surface area (Å²) in [6.45, 7) is 6.68. The van der Waals surface area contributed by atoms with Gasteiger partial charge in [-0.2, -0.15) is 9.97 Å². The standard InChI is InChI=1S/C24H28N6O5S/c1-24(2,3)35-20(31)14-7-6-8-15(11-14)25-21(32)29-23-26-16-9-10-30(13-17(16)36-23)18-12-19(33-4)28-22(27-18)34-5/h6-8,11-12H,9-10,13H2,1-5H3,(H2,25,26,29,32). The van der Waals surface area contributed by atoms with Crippen LogP contribution in [0, 0.1) is 0 Å². The lowest BCUT2D eigenvalue weighted by Crippen LogP contribution is -2.30. The van der Waals surface area contributed by atoms with Crippen LogP contribution in [-0.4, -0.2) is 53.3 Å². The summed E-state index contributed by atoms with van der Waals surface area (Å²) in [5.41, 5.74) is 1.15. The van der Waals surface area contributed by atoms with E-state index in [1.54, 1.807) is 58.2 Å². The van der Waals surface area contributed by atoms with Crippen LogP contribution >= 0.6 is 11.3 Å². The van der Waals surface area contributed by atoms with Crippen molar-refractivity contribution in [2.45, 2.75) is 39.3 Å². The van der Waals surface area contributed by atoms with Crippen molar-refractivity contribution in [2.75, 3.05) is 36.3 Å². The molecule has 0 spiro atoms. The molecule has 0 fully saturated rings. The predicted molar refractivity (Wildman–Crippen MR) is 136 cm³/mol. The second-order valence-corrected chi connectivity index (χ2v) is 10.1. The third kappa shape index (κ3) is 6.19. The number of hydrogen-bond donors (Lipinski definition) is 2. The molecule has 11 nitrogen and oxygen atoms in total. The average molecular weight is 513 g/mol. The normalized spacial score (nSPS) is 13.0. The maximum Gasteiger partial charge on any atom is 0.338 e. The van der Waals surface area contributed by atoms with E-state index in [2.05, 4.69) is 30.5 Å². The number of ether oxygens (including phenoxy) is 3. The Morgan fingerprint density at radius 3 is 2.58 bits per heavy atom. The molecule has 0 saturated heterocycles. The van der Waals surface area contributed by atoms with Gasteiger partial charge in [-0.15, -0.1) is 0 Å². The molecule has 0 aliphatic carbocycles. The Labute approximate surface area is 212 Å². The van der Waals surface area contributed by atoms with E-state index >= 15 is 0 Å². The number of esters is 1. The topological polar surface area (TPSA) is 128 Å². The number of aromatic nitrogens is 3. The Kier molecular flexibility index (Phi) is 7.25. The zero-order chi connectivity index (χ0) is 25.9. The third-order valence-corrected chi connectivity index (χ3v) is 6.09. The molecular formula is C24H28N6O5S. The molecular weight excluding hydrogens is 484 g/mol. The number of carbonyl (C=O) groups excluding carboxylic acids is 2. The van der Waals surface area contributed by atoms with Crippen LogP contribution in [0.1, 0.15) is 41.7 Å². The highest BCUT2D eigenvalue weighted by Crippen LogP contribution is 2.31. The molecule has 12 heteroatoms. The minimum atomic E-state index is -0.608. The fourth-order valence-corrected chi connectivity index (χ4v) is 4.53. The minimum absolute atomic E-state index is 0.231. The van der Waals surface area contributed by atoms with Crippen LogP contribution < -0.4 is 25.0 Å². The zero-order valence-corrected chi connectivity index (χ0v) is 21.6. The molecule has 0 radical (unpaired) electrons. The van der Waals surface area contributed by atoms with Gasteiger partial charge >= 0.3 is 18.0 Å². The smallest absolute Gasteiger partial charge is 0.338 e. The lowest BCUT2D eigenvalue weighted by molar-refractivity contribution is 0.00695. The highest BCUT2D eigenvalue weighted by atomic mass is 32.1. The van der Waals surface area contributed by atoms with E-state index < -0.39 is 17.6 Å². The lowest BCUT2D eigenvalue weighted by atomic mass is 10.1. The number of hydrogen-bond acceptors (Lipinski definition) is 10. The number of fused-ring (bicyclic) bond motifs is 1. The number of benzene rings is 1. The first kappa shape index (κ1) is 25.2. The fraction of sp³-hybridized carbons (Fsp3) is 0.375. The number of anilines is 3. The molecule has 2 amide bonds. The summed E-state index contributed by atoms with van der Waals surface area (Å²) >= 11 is 1.40. The molecule has 190 valence electrons. The first-order valence-corrected chi connectivity index (χ1v) is 12.1. The van der Waals surface area contributed by atoms with E-state index in [1.807, 2.05) is 0 Å². The fourth-order valence-electron chi connectivity index (χ4n) is 3.51. The van der Waals surface area contributed by atoms with E-state index in [-0.39, 0.29) is 6.01 Å². The van der Waals surface area contributed by atoms with Crippen molar-refractivity contribution >= 4 is 40.0 Å². The Bertz CT molecular complexity index is 1250. The molecule has 0 saturated carbocycles. The zero-order valence-electron chi connectivity index (χ0n) is 20.7. The first-order valence-electron chi connectivity index (χ1n) is 11.3. The van der Waals surface area contributed by atoms with Gasteiger partial charge in [0.15, 0.2) is 5.13 Å². The van der Waals surface area contributed by atoms with E-state index in [0.29, 0.717) is 47.6 Å². The van der Waals surface area contributed by atoms with Crippen LogP contribution in [0.2, 0.25) is 0 Å². The summed E-state index contributed by atoms with van der Waals surface area (Å²) in [6.07, 6.45) is 0.696. The molecule has 36 heavy (non-hydrogen) atoms. The van der Waals surface area contributed by atoms with Crippen LogP contribution in [0.3, 0.4) is 0 Å². The maximum atomic E-state index is 12.6. The third-order valence-electron chi connectivity index (χ3n) is 5.09. The summed E-state index contributed by atoms with van der Waals surface area (Å²) in [5.74, 6) is 0.652. The van der Waals surface area contributed by atoms with Crippen molar-refractivity contribution in [3.05, 3.63) is 46.5 Å². The number of nitrogens with zero attached hydrogens (tertiary/aromatic N) is 4. The minimum Gasteiger partial charge on any atom is -0.481 e.